The number of nitrogens with zero attached hydrogens (tertiary/aromatic N) is 2. The van der Waals surface area contributed by atoms with Crippen LogP contribution in [0.1, 0.15) is 31.1 Å². The van der Waals surface area contributed by atoms with Gasteiger partial charge in [-0.3, -0.25) is 19.9 Å². The van der Waals surface area contributed by atoms with E-state index in [1.807, 2.05) is 0 Å². The van der Waals surface area contributed by atoms with Gasteiger partial charge in [0.1, 0.15) is 5.60 Å². The zero-order chi connectivity index (χ0) is 15.3. The highest BCUT2D eigenvalue weighted by atomic mass is 16.7. The maximum absolute atomic E-state index is 12.0. The molecule has 0 unspecified atom stereocenters. The standard InChI is InChI=1S/C13H19N3O4/c1-13(2,3)20-12(18)15-10-6-7-14-8-9(10)11(17)16(4)19-5/h6-8H,1-5H3,(H,14,15,18). The molecule has 1 N–H and O–H groups in total. The molecule has 0 saturated carbocycles. The molecule has 0 spiro atoms. The number of aromatic nitrogens is 1. The molecule has 2 amide bonds. The van der Waals surface area contributed by atoms with E-state index in [1.165, 1.54) is 32.6 Å². The van der Waals surface area contributed by atoms with Gasteiger partial charge in [-0.25, -0.2) is 9.86 Å². The third-order valence-electron chi connectivity index (χ3n) is 2.25. The molecule has 0 aromatic carbocycles. The summed E-state index contributed by atoms with van der Waals surface area (Å²) in [5, 5.41) is 3.56. The summed E-state index contributed by atoms with van der Waals surface area (Å²) in [7, 11) is 2.84. The quantitative estimate of drug-likeness (QED) is 0.858. The van der Waals surface area contributed by atoms with Crippen LogP contribution >= 0.6 is 0 Å². The van der Waals surface area contributed by atoms with Gasteiger partial charge in [0.05, 0.1) is 18.4 Å². The number of carbonyl (C=O) groups excluding carboxylic acids is 2. The average Bonchev–Trinajstić information content (AvgIpc) is 2.35. The number of amides is 2. The van der Waals surface area contributed by atoms with Crippen LogP contribution in [0.3, 0.4) is 0 Å². The van der Waals surface area contributed by atoms with Crippen molar-refractivity contribution in [1.29, 1.82) is 0 Å². The minimum atomic E-state index is -0.641. The number of nitrogens with one attached hydrogen (secondary N) is 1. The van der Waals surface area contributed by atoms with E-state index in [0.29, 0.717) is 5.69 Å². The fourth-order valence-electron chi connectivity index (χ4n) is 1.34. The van der Waals surface area contributed by atoms with Gasteiger partial charge in [0, 0.05) is 19.4 Å². The fraction of sp³-hybridized carbons (Fsp3) is 0.462. The second-order valence-corrected chi connectivity index (χ2v) is 5.03. The first kappa shape index (κ1) is 15.9. The van der Waals surface area contributed by atoms with E-state index in [0.717, 1.165) is 5.06 Å². The SMILES string of the molecule is CON(C)C(=O)c1cnccc1NC(=O)OC(C)(C)C. The highest BCUT2D eigenvalue weighted by Crippen LogP contribution is 2.17. The summed E-state index contributed by atoms with van der Waals surface area (Å²) in [6.07, 6.45) is 2.18. The van der Waals surface area contributed by atoms with Crippen LogP contribution in [-0.2, 0) is 9.57 Å². The van der Waals surface area contributed by atoms with Crippen LogP contribution in [0, 0.1) is 0 Å². The Balaban J connectivity index is 2.91. The third-order valence-corrected chi connectivity index (χ3v) is 2.25. The smallest absolute Gasteiger partial charge is 0.412 e. The van der Waals surface area contributed by atoms with E-state index in [-0.39, 0.29) is 5.56 Å². The van der Waals surface area contributed by atoms with Crippen molar-refractivity contribution in [1.82, 2.24) is 10.0 Å². The lowest BCUT2D eigenvalue weighted by atomic mass is 10.2. The first-order valence-electron chi connectivity index (χ1n) is 6.01. The van der Waals surface area contributed by atoms with Gasteiger partial charge < -0.3 is 4.74 Å². The van der Waals surface area contributed by atoms with Gasteiger partial charge >= 0.3 is 6.09 Å². The van der Waals surface area contributed by atoms with Crippen molar-refractivity contribution in [2.45, 2.75) is 26.4 Å². The highest BCUT2D eigenvalue weighted by Gasteiger charge is 2.20. The summed E-state index contributed by atoms with van der Waals surface area (Å²) >= 11 is 0. The van der Waals surface area contributed by atoms with Gasteiger partial charge in [0.25, 0.3) is 5.91 Å². The lowest BCUT2D eigenvalue weighted by Gasteiger charge is -2.21. The molecule has 7 nitrogen and oxygen atoms in total. The van der Waals surface area contributed by atoms with Crippen molar-refractivity contribution < 1.29 is 19.2 Å². The fourth-order valence-corrected chi connectivity index (χ4v) is 1.34. The molecule has 0 fully saturated rings. The zero-order valence-electron chi connectivity index (χ0n) is 12.3. The molecule has 1 rings (SSSR count). The zero-order valence-corrected chi connectivity index (χ0v) is 12.3. The van der Waals surface area contributed by atoms with Crippen molar-refractivity contribution >= 4 is 17.7 Å². The molecular weight excluding hydrogens is 262 g/mol. The Kier molecular flexibility index (Phi) is 5.04. The molecule has 1 heterocycles. The van der Waals surface area contributed by atoms with Gasteiger partial charge in [-0.2, -0.15) is 0 Å². The lowest BCUT2D eigenvalue weighted by molar-refractivity contribution is -0.0756. The van der Waals surface area contributed by atoms with Gasteiger partial charge in [-0.05, 0) is 26.8 Å². The van der Waals surface area contributed by atoms with Crippen molar-refractivity contribution in [2.24, 2.45) is 0 Å². The van der Waals surface area contributed by atoms with Crippen LogP contribution in [-0.4, -0.2) is 41.8 Å². The van der Waals surface area contributed by atoms with E-state index in [1.54, 1.807) is 20.8 Å². The Hall–Kier alpha value is -2.15. The molecule has 110 valence electrons. The summed E-state index contributed by atoms with van der Waals surface area (Å²) < 4.78 is 5.14. The van der Waals surface area contributed by atoms with Crippen LogP contribution in [0.2, 0.25) is 0 Å². The molecule has 7 heteroatoms. The molecule has 0 aliphatic heterocycles. The van der Waals surface area contributed by atoms with Crippen LogP contribution in [0.15, 0.2) is 18.5 Å². The number of hydrogen-bond acceptors (Lipinski definition) is 5. The van der Waals surface area contributed by atoms with Gasteiger partial charge in [0.2, 0.25) is 0 Å². The Labute approximate surface area is 117 Å². The minimum absolute atomic E-state index is 0.211. The molecule has 0 radical (unpaired) electrons. The van der Waals surface area contributed by atoms with Crippen molar-refractivity contribution in [3.63, 3.8) is 0 Å². The van der Waals surface area contributed by atoms with Gasteiger partial charge in [0.15, 0.2) is 0 Å². The first-order chi connectivity index (χ1) is 9.24. The predicted molar refractivity (Wildman–Crippen MR) is 73.2 cm³/mol. The summed E-state index contributed by atoms with van der Waals surface area (Å²) in [4.78, 5) is 32.5. The molecule has 0 bridgehead atoms. The van der Waals surface area contributed by atoms with Crippen LogP contribution in [0.25, 0.3) is 0 Å². The summed E-state index contributed by atoms with van der Waals surface area (Å²) in [5.41, 5.74) is -0.101. The molecule has 20 heavy (non-hydrogen) atoms. The van der Waals surface area contributed by atoms with Crippen molar-refractivity contribution in [3.8, 4) is 0 Å². The number of ether oxygens (including phenoxy) is 1. The van der Waals surface area contributed by atoms with E-state index < -0.39 is 17.6 Å². The molecular formula is C13H19N3O4. The van der Waals surface area contributed by atoms with E-state index in [9.17, 15) is 9.59 Å². The number of anilines is 1. The van der Waals surface area contributed by atoms with E-state index in [2.05, 4.69) is 10.3 Å². The van der Waals surface area contributed by atoms with Crippen molar-refractivity contribution in [3.05, 3.63) is 24.0 Å². The minimum Gasteiger partial charge on any atom is -0.444 e. The maximum atomic E-state index is 12.0. The molecule has 1 aromatic rings. The van der Waals surface area contributed by atoms with E-state index in [4.69, 9.17) is 9.57 Å². The second kappa shape index (κ2) is 6.33. The first-order valence-corrected chi connectivity index (χ1v) is 6.01. The Bertz CT molecular complexity index is 497. The number of rotatable bonds is 3. The lowest BCUT2D eigenvalue weighted by Crippen LogP contribution is -2.29. The molecule has 0 aliphatic carbocycles. The van der Waals surface area contributed by atoms with Crippen molar-refractivity contribution in [2.75, 3.05) is 19.5 Å². The average molecular weight is 281 g/mol. The number of hydrogen-bond donors (Lipinski definition) is 1. The largest absolute Gasteiger partial charge is 0.444 e. The Morgan fingerprint density at radius 2 is 2.00 bits per heavy atom. The highest BCUT2D eigenvalue weighted by molar-refractivity contribution is 6.01. The second-order valence-electron chi connectivity index (χ2n) is 5.03. The molecule has 0 atom stereocenters. The Morgan fingerprint density at radius 1 is 1.35 bits per heavy atom. The summed E-state index contributed by atoms with van der Waals surface area (Å²) in [5.74, 6) is -0.424. The van der Waals surface area contributed by atoms with Gasteiger partial charge in [-0.1, -0.05) is 0 Å². The molecule has 0 saturated heterocycles. The Morgan fingerprint density at radius 3 is 2.55 bits per heavy atom. The molecule has 1 aromatic heterocycles. The van der Waals surface area contributed by atoms with Gasteiger partial charge in [-0.15, -0.1) is 0 Å². The topological polar surface area (TPSA) is 80.8 Å². The summed E-state index contributed by atoms with van der Waals surface area (Å²) in [6, 6.07) is 1.51. The third kappa shape index (κ3) is 4.51. The number of carbonyl (C=O) groups is 2. The maximum Gasteiger partial charge on any atom is 0.412 e. The van der Waals surface area contributed by atoms with Crippen LogP contribution in [0.4, 0.5) is 10.5 Å². The van der Waals surface area contributed by atoms with Crippen LogP contribution < -0.4 is 5.32 Å². The van der Waals surface area contributed by atoms with Crippen LogP contribution in [0.5, 0.6) is 0 Å². The number of pyridine rings is 1. The predicted octanol–water partition coefficient (Wildman–Crippen LogP) is 2.06. The number of hydroxylamine groups is 2. The molecule has 0 aliphatic rings. The summed E-state index contributed by atoms with van der Waals surface area (Å²) in [6.45, 7) is 5.26. The monoisotopic (exact) mass is 281 g/mol. The normalized spacial score (nSPS) is 10.8. The van der Waals surface area contributed by atoms with E-state index >= 15 is 0 Å².